The van der Waals surface area contributed by atoms with Crippen LogP contribution in [0.15, 0.2) is 0 Å². The first-order valence-corrected chi connectivity index (χ1v) is 42.9. The van der Waals surface area contributed by atoms with Crippen molar-refractivity contribution in [2.45, 2.75) is 452 Å². The summed E-state index contributed by atoms with van der Waals surface area (Å²) in [6.07, 6.45) is -38.0. The molecule has 0 aliphatic rings. The maximum Gasteiger partial charge on any atom is 0.394 e. The zero-order chi connectivity index (χ0) is 103. The topological polar surface area (TPSA) is 0 Å². The first-order chi connectivity index (χ1) is 52.3. The molecule has 122 heavy (non-hydrogen) atoms. The summed E-state index contributed by atoms with van der Waals surface area (Å²) in [5.41, 5.74) is -5.37. The molecule has 0 fully saturated rings. The average molecular weight is 1850 g/mol. The lowest BCUT2D eigenvalue weighted by Gasteiger charge is -2.40. The van der Waals surface area contributed by atoms with Gasteiger partial charge in [-0.25, -0.2) is 0 Å². The second-order valence-electron chi connectivity index (χ2n) is 42.1. The summed E-state index contributed by atoms with van der Waals surface area (Å²) in [6, 6.07) is 0. The van der Waals surface area contributed by atoms with Crippen molar-refractivity contribution in [1.29, 1.82) is 0 Å². The monoisotopic (exact) mass is 1850 g/mol. The molecule has 0 saturated carbocycles. The van der Waals surface area contributed by atoms with E-state index in [1.165, 1.54) is 76.2 Å². The quantitative estimate of drug-likeness (QED) is 0.113. The molecule has 0 radical (unpaired) electrons. The van der Waals surface area contributed by atoms with E-state index in [0.29, 0.717) is 54.8 Å². The first-order valence-electron chi connectivity index (χ1n) is 42.9. The maximum absolute atomic E-state index is 12.3. The summed E-state index contributed by atoms with van der Waals surface area (Å²) >= 11 is 0. The van der Waals surface area contributed by atoms with Gasteiger partial charge < -0.3 is 0 Å². The highest BCUT2D eigenvalue weighted by Crippen LogP contribution is 2.51. The molecule has 756 valence electrons. The predicted molar refractivity (Wildman–Crippen MR) is 452 cm³/mol. The Balaban J connectivity index is -0.000000108. The molecule has 0 aliphatic heterocycles. The average Bonchev–Trinajstić information content (AvgIpc) is 0.789. The summed E-state index contributed by atoms with van der Waals surface area (Å²) in [7, 11) is 0. The van der Waals surface area contributed by atoms with Gasteiger partial charge in [0.05, 0.1) is 45.8 Å². The molecule has 0 aromatic heterocycles. The smallest absolute Gasteiger partial charge is 0.171 e. The molecule has 0 aromatic carbocycles. The van der Waals surface area contributed by atoms with Gasteiger partial charge in [0.25, 0.3) is 0 Å². The van der Waals surface area contributed by atoms with Crippen molar-refractivity contribution >= 4 is 0 Å². The summed E-state index contributed by atoms with van der Waals surface area (Å²) in [5, 5.41) is 0. The van der Waals surface area contributed by atoms with Gasteiger partial charge in [-0.2, -0.15) is 132 Å². The minimum atomic E-state index is -4.12. The van der Waals surface area contributed by atoms with Crippen LogP contribution in [0.3, 0.4) is 0 Å². The predicted octanol–water partition coefficient (Wildman–Crippen LogP) is 40.7. The van der Waals surface area contributed by atoms with Crippen LogP contribution in [0.1, 0.15) is 390 Å². The van der Waals surface area contributed by atoms with Gasteiger partial charge >= 0.3 is 61.8 Å². The molecule has 0 heterocycles. The zero-order valence-corrected chi connectivity index (χ0v) is 84.4. The third-order valence-electron chi connectivity index (χ3n) is 26.2. The summed E-state index contributed by atoms with van der Waals surface area (Å²) < 4.78 is 360. The molecule has 0 amide bonds. The fraction of sp³-hybridized carbons (Fsp3) is 1.00. The summed E-state index contributed by atoms with van der Waals surface area (Å²) in [4.78, 5) is 0. The molecule has 5 unspecified atom stereocenters. The van der Waals surface area contributed by atoms with Crippen LogP contribution in [0.2, 0.25) is 0 Å². The molecule has 0 aromatic rings. The highest BCUT2D eigenvalue weighted by atomic mass is 19.4. The lowest BCUT2D eigenvalue weighted by Crippen LogP contribution is -2.43. The molecule has 0 aliphatic carbocycles. The lowest BCUT2D eigenvalue weighted by molar-refractivity contribution is -0.243. The van der Waals surface area contributed by atoms with Gasteiger partial charge in [-0.05, 0) is 104 Å². The fourth-order valence-electron chi connectivity index (χ4n) is 8.12. The number of rotatable bonds is 19. The van der Waals surface area contributed by atoms with Crippen LogP contribution in [0, 0.1) is 143 Å². The molecule has 0 bridgehead atoms. The van der Waals surface area contributed by atoms with Gasteiger partial charge in [-0.15, -0.1) is 0 Å². The van der Waals surface area contributed by atoms with E-state index in [1.807, 2.05) is 41.5 Å². The van der Waals surface area contributed by atoms with Crippen molar-refractivity contribution < 1.29 is 132 Å². The minimum Gasteiger partial charge on any atom is -0.171 e. The Bertz CT molecular complexity index is 2380. The van der Waals surface area contributed by atoms with E-state index in [9.17, 15) is 132 Å². The highest BCUT2D eigenvalue weighted by Gasteiger charge is 2.55. The van der Waals surface area contributed by atoms with Gasteiger partial charge in [0.1, 0.15) is 0 Å². The number of halogens is 30. The normalized spacial score (nSPS) is 16.0. The van der Waals surface area contributed by atoms with Crippen LogP contribution in [0.25, 0.3) is 0 Å². The van der Waals surface area contributed by atoms with Crippen LogP contribution in [0.4, 0.5) is 132 Å². The Morgan fingerprint density at radius 1 is 0.262 bits per heavy atom. The minimum absolute atomic E-state index is 0.0362. The van der Waals surface area contributed by atoms with Crippen LogP contribution in [-0.2, 0) is 0 Å². The van der Waals surface area contributed by atoms with Crippen LogP contribution in [0.5, 0.6) is 0 Å². The molecule has 0 nitrogen and oxygen atoms in total. The molecule has 30 heteroatoms. The van der Waals surface area contributed by atoms with E-state index >= 15 is 0 Å². The third-order valence-corrected chi connectivity index (χ3v) is 26.2. The molecule has 0 spiro atoms. The van der Waals surface area contributed by atoms with Gasteiger partial charge in [0, 0.05) is 12.8 Å². The fourth-order valence-corrected chi connectivity index (χ4v) is 8.12. The van der Waals surface area contributed by atoms with Crippen LogP contribution < -0.4 is 0 Å². The van der Waals surface area contributed by atoms with Crippen molar-refractivity contribution in [2.75, 3.05) is 0 Å². The van der Waals surface area contributed by atoms with E-state index in [0.717, 1.165) is 11.8 Å². The van der Waals surface area contributed by atoms with Crippen molar-refractivity contribution in [3.8, 4) is 0 Å². The summed E-state index contributed by atoms with van der Waals surface area (Å²) in [5.74, 6) is -5.79. The second kappa shape index (κ2) is 57.9. The van der Waals surface area contributed by atoms with E-state index in [4.69, 9.17) is 0 Å². The third kappa shape index (κ3) is 70.8. The number of hydrogen-bond donors (Lipinski definition) is 0. The molecular weight excluding hydrogens is 1670 g/mol. The van der Waals surface area contributed by atoms with E-state index in [-0.39, 0.29) is 59.7 Å². The SMILES string of the molecule is CC(C)(C)C(C)(C)C.CC(C)(C)C(C)(C)C(F)(F)F.CC(C)C(C)(C)C(C)C(F)(F)F.CC(C)C(C)(C)C(F)(F)F.CC(C)[C@@H](C)C(C)(C)C.CC(C)[C@@H](C)C(C)C(F)(F)F.CC(C)[C@@H](C)C(C)C(F)(F)F.CCC(C)(C)CC(F)(F)F.CCC(C)[C@@H](C)C(F)(F)F.CCC(CC)CC(F)(F)F.CCCC(C)(C)C(F)(F)F.CC[C@H](C)C(C)C(F)(F)F. The van der Waals surface area contributed by atoms with E-state index in [2.05, 4.69) is 83.1 Å². The van der Waals surface area contributed by atoms with E-state index < -0.39 is 137 Å². The number of hydrogen-bond acceptors (Lipinski definition) is 0. The molecule has 0 N–H and O–H groups in total. The van der Waals surface area contributed by atoms with Crippen molar-refractivity contribution in [3.05, 3.63) is 0 Å². The summed E-state index contributed by atoms with van der Waals surface area (Å²) in [6.45, 7) is 83.6. The number of alkyl halides is 30. The Labute approximate surface area is 724 Å². The largest absolute Gasteiger partial charge is 0.394 e. The van der Waals surface area contributed by atoms with Crippen LogP contribution >= 0.6 is 0 Å². The van der Waals surface area contributed by atoms with Gasteiger partial charge in [-0.3, -0.25) is 0 Å². The van der Waals surface area contributed by atoms with Crippen molar-refractivity contribution in [1.82, 2.24) is 0 Å². The maximum atomic E-state index is 12.3. The Kier molecular flexibility index (Phi) is 69.1. The highest BCUT2D eigenvalue weighted by molar-refractivity contribution is 4.89. The Hall–Kier alpha value is -2.10. The van der Waals surface area contributed by atoms with E-state index in [1.54, 1.807) is 132 Å². The van der Waals surface area contributed by atoms with Crippen LogP contribution in [-0.4, -0.2) is 61.8 Å². The molecule has 0 saturated heterocycles. The molecule has 0 rings (SSSR count). The van der Waals surface area contributed by atoms with Gasteiger partial charge in [-0.1, -0.05) is 371 Å². The zero-order valence-electron chi connectivity index (χ0n) is 84.4. The lowest BCUT2D eigenvalue weighted by atomic mass is 9.69. The van der Waals surface area contributed by atoms with Crippen molar-refractivity contribution in [2.24, 2.45) is 143 Å². The standard InChI is InChI=1S/C9H17F3.C9H20.3C8H15F3.C8H18.6C7H13F3/c1-6(2)8(4,5)7(3)9(10,11)12;1-7(2)8(3)9(4,5)6;1-6(2,3)7(4,5)8(9,10)11;2*1-5(2)6(3)7(4)8(9,10)11;1-7(2,3)8(4,5)6;1-5(2)6(3,4)7(8,9)10;1-4-6(2,3)5-7(8,9)10;1-4-5-6(2,3)7(8,9)10;2*1-4-5(2)6(3)7(8,9)10;1-3-6(4-2)5-7(8,9)10/h6-7H,1-5H3;7-8H,1-6H3;1-5H3;2*5-7H,1-4H3;1-6H3;5H,1-4H3;2*4-5H2,1-3H3;2*5-6H,4H2,1-3H3;6H,3-5H2,1-2H3/t;8-;;2*6-,7?;;;;;5?,6-;5-,6?;/m.1.11....10./s1. The molecular formula is C92H178F30. The Morgan fingerprint density at radius 2 is 0.533 bits per heavy atom. The van der Waals surface area contributed by atoms with Gasteiger partial charge in [0.15, 0.2) is 0 Å². The second-order valence-corrected chi connectivity index (χ2v) is 42.1. The Morgan fingerprint density at radius 3 is 0.582 bits per heavy atom. The first kappa shape index (κ1) is 146. The molecule has 10 atom stereocenters. The van der Waals surface area contributed by atoms with Gasteiger partial charge in [0.2, 0.25) is 0 Å². The van der Waals surface area contributed by atoms with Crippen molar-refractivity contribution in [3.63, 3.8) is 0 Å².